The molecule has 0 amide bonds. The number of unbranched alkanes of at least 4 members (excludes halogenated alkanes) is 3. The highest BCUT2D eigenvalue weighted by Crippen LogP contribution is 2.04. The third-order valence-corrected chi connectivity index (χ3v) is 2.35. The Kier molecular flexibility index (Phi) is 6.79. The normalized spacial score (nSPS) is 10.1. The van der Waals surface area contributed by atoms with Gasteiger partial charge in [-0.05, 0) is 24.5 Å². The Bertz CT molecular complexity index is 492. The molecule has 0 heterocycles. The summed E-state index contributed by atoms with van der Waals surface area (Å²) in [5.41, 5.74) is 1.50. The zero-order valence-electron chi connectivity index (χ0n) is 10.4. The molecule has 0 N–H and O–H groups in total. The molecule has 0 aliphatic heterocycles. The molecule has 0 saturated heterocycles. The second-order valence-electron chi connectivity index (χ2n) is 3.84. The summed E-state index contributed by atoms with van der Waals surface area (Å²) in [5.74, 6) is 8.48. The van der Waals surface area contributed by atoms with Gasteiger partial charge in [0.1, 0.15) is 0 Å². The lowest BCUT2D eigenvalue weighted by atomic mass is 10.1. The summed E-state index contributed by atoms with van der Waals surface area (Å²) in [6.07, 6.45) is 11.3. The van der Waals surface area contributed by atoms with Crippen molar-refractivity contribution in [1.82, 2.24) is 0 Å². The van der Waals surface area contributed by atoms with Gasteiger partial charge in [0.15, 0.2) is 6.29 Å². The Morgan fingerprint density at radius 2 is 1.89 bits per heavy atom. The van der Waals surface area contributed by atoms with Crippen molar-refractivity contribution in [2.24, 2.45) is 0 Å². The Hall–Kier alpha value is -2.25. The van der Waals surface area contributed by atoms with Crippen LogP contribution in [0.1, 0.15) is 31.2 Å². The van der Waals surface area contributed by atoms with E-state index in [1.54, 1.807) is 6.08 Å². The summed E-state index contributed by atoms with van der Waals surface area (Å²) in [4.78, 5) is 10.9. The third kappa shape index (κ3) is 5.73. The van der Waals surface area contributed by atoms with Crippen LogP contribution < -0.4 is 0 Å². The van der Waals surface area contributed by atoms with Crippen molar-refractivity contribution in [1.29, 1.82) is 0 Å². The SMILES string of the molecule is C#CCCCCC#C/C(C=O)=C\c1ccccc1. The average molecular weight is 236 g/mol. The van der Waals surface area contributed by atoms with E-state index < -0.39 is 0 Å². The topological polar surface area (TPSA) is 17.1 Å². The van der Waals surface area contributed by atoms with Gasteiger partial charge in [-0.15, -0.1) is 12.3 Å². The first kappa shape index (κ1) is 13.8. The van der Waals surface area contributed by atoms with Gasteiger partial charge in [0.2, 0.25) is 0 Å². The monoisotopic (exact) mass is 236 g/mol. The van der Waals surface area contributed by atoms with Crippen LogP contribution in [0, 0.1) is 24.2 Å². The van der Waals surface area contributed by atoms with Gasteiger partial charge in [-0.1, -0.05) is 42.2 Å². The van der Waals surface area contributed by atoms with Crippen molar-refractivity contribution in [2.75, 3.05) is 0 Å². The first-order valence-corrected chi connectivity index (χ1v) is 6.01. The lowest BCUT2D eigenvalue weighted by Crippen LogP contribution is -1.81. The van der Waals surface area contributed by atoms with Crippen LogP contribution >= 0.6 is 0 Å². The summed E-state index contributed by atoms with van der Waals surface area (Å²) in [7, 11) is 0. The van der Waals surface area contributed by atoms with Crippen molar-refractivity contribution in [2.45, 2.75) is 25.7 Å². The molecule has 1 aromatic carbocycles. The molecule has 1 rings (SSSR count). The van der Waals surface area contributed by atoms with Crippen LogP contribution in [0.4, 0.5) is 0 Å². The molecule has 0 spiro atoms. The van der Waals surface area contributed by atoms with E-state index in [1.807, 2.05) is 30.3 Å². The Morgan fingerprint density at radius 3 is 2.56 bits per heavy atom. The number of aldehydes is 1. The number of carbonyl (C=O) groups is 1. The van der Waals surface area contributed by atoms with Crippen molar-refractivity contribution < 1.29 is 4.79 Å². The number of carbonyl (C=O) groups excluding carboxylic acids is 1. The van der Waals surface area contributed by atoms with Crippen LogP contribution in [0.2, 0.25) is 0 Å². The molecule has 1 aromatic rings. The molecule has 0 aromatic heterocycles. The average Bonchev–Trinajstić information content (AvgIpc) is 2.42. The van der Waals surface area contributed by atoms with Gasteiger partial charge in [-0.25, -0.2) is 0 Å². The fraction of sp³-hybridized carbons (Fsp3) is 0.235. The molecule has 0 unspecified atom stereocenters. The van der Waals surface area contributed by atoms with E-state index in [1.165, 1.54) is 0 Å². The van der Waals surface area contributed by atoms with E-state index in [-0.39, 0.29) is 0 Å². The van der Waals surface area contributed by atoms with Gasteiger partial charge < -0.3 is 0 Å². The lowest BCUT2D eigenvalue weighted by Gasteiger charge is -1.92. The third-order valence-electron chi connectivity index (χ3n) is 2.35. The predicted octanol–water partition coefficient (Wildman–Crippen LogP) is 3.47. The number of terminal acetylenes is 1. The van der Waals surface area contributed by atoms with Crippen LogP contribution in [-0.4, -0.2) is 6.29 Å². The quantitative estimate of drug-likeness (QED) is 0.331. The molecule has 0 aliphatic rings. The van der Waals surface area contributed by atoms with Crippen molar-refractivity contribution in [3.8, 4) is 24.2 Å². The molecule has 90 valence electrons. The van der Waals surface area contributed by atoms with Gasteiger partial charge in [-0.2, -0.15) is 0 Å². The maximum Gasteiger partial charge on any atom is 0.158 e. The molecule has 1 heteroatoms. The van der Waals surface area contributed by atoms with E-state index in [4.69, 9.17) is 6.42 Å². The van der Waals surface area contributed by atoms with E-state index >= 15 is 0 Å². The van der Waals surface area contributed by atoms with E-state index in [2.05, 4.69) is 17.8 Å². The van der Waals surface area contributed by atoms with Gasteiger partial charge in [0, 0.05) is 12.8 Å². The molecule has 18 heavy (non-hydrogen) atoms. The highest BCUT2D eigenvalue weighted by atomic mass is 16.1. The second-order valence-corrected chi connectivity index (χ2v) is 3.84. The van der Waals surface area contributed by atoms with Gasteiger partial charge >= 0.3 is 0 Å². The molecular weight excluding hydrogens is 220 g/mol. The number of hydrogen-bond donors (Lipinski definition) is 0. The smallest absolute Gasteiger partial charge is 0.158 e. The zero-order chi connectivity index (χ0) is 13.1. The standard InChI is InChI=1S/C17H16O/c1-2-3-4-5-6-8-13-17(15-18)14-16-11-9-7-10-12-16/h1,7,9-12,14-15H,3-6H2/b17-14+. The number of allylic oxidation sites excluding steroid dienone is 1. The highest BCUT2D eigenvalue weighted by molar-refractivity contribution is 5.87. The molecule has 0 saturated carbocycles. The molecule has 0 bridgehead atoms. The summed E-state index contributed by atoms with van der Waals surface area (Å²) in [6.45, 7) is 0. The van der Waals surface area contributed by atoms with Crippen LogP contribution in [0.5, 0.6) is 0 Å². The van der Waals surface area contributed by atoms with Gasteiger partial charge in [0.05, 0.1) is 5.57 Å². The van der Waals surface area contributed by atoms with E-state index in [0.717, 1.165) is 37.5 Å². The van der Waals surface area contributed by atoms with E-state index in [0.29, 0.717) is 5.57 Å². The van der Waals surface area contributed by atoms with E-state index in [9.17, 15) is 4.79 Å². The fourth-order valence-electron chi connectivity index (χ4n) is 1.43. The molecule has 0 fully saturated rings. The summed E-state index contributed by atoms with van der Waals surface area (Å²) < 4.78 is 0. The van der Waals surface area contributed by atoms with Crippen LogP contribution in [0.25, 0.3) is 6.08 Å². The fourth-order valence-corrected chi connectivity index (χ4v) is 1.43. The summed E-state index contributed by atoms with van der Waals surface area (Å²) in [6, 6.07) is 9.69. The molecular formula is C17H16O. The largest absolute Gasteiger partial charge is 0.297 e. The minimum Gasteiger partial charge on any atom is -0.297 e. The van der Waals surface area contributed by atoms with Crippen molar-refractivity contribution >= 4 is 12.4 Å². The first-order valence-electron chi connectivity index (χ1n) is 6.01. The minimum absolute atomic E-state index is 0.512. The summed E-state index contributed by atoms with van der Waals surface area (Å²) >= 11 is 0. The zero-order valence-corrected chi connectivity index (χ0v) is 10.4. The Labute approximate surface area is 109 Å². The predicted molar refractivity (Wildman–Crippen MR) is 75.6 cm³/mol. The Balaban J connectivity index is 2.53. The van der Waals surface area contributed by atoms with Crippen molar-refractivity contribution in [3.63, 3.8) is 0 Å². The van der Waals surface area contributed by atoms with Crippen LogP contribution in [0.3, 0.4) is 0 Å². The molecule has 0 radical (unpaired) electrons. The first-order chi connectivity index (χ1) is 8.86. The lowest BCUT2D eigenvalue weighted by molar-refractivity contribution is -0.104. The van der Waals surface area contributed by atoms with Crippen LogP contribution in [0.15, 0.2) is 35.9 Å². The number of benzene rings is 1. The van der Waals surface area contributed by atoms with Crippen molar-refractivity contribution in [3.05, 3.63) is 41.5 Å². The van der Waals surface area contributed by atoms with Gasteiger partial charge in [-0.3, -0.25) is 4.79 Å². The highest BCUT2D eigenvalue weighted by Gasteiger charge is 1.90. The maximum absolute atomic E-state index is 10.9. The summed E-state index contributed by atoms with van der Waals surface area (Å²) in [5, 5.41) is 0. The Morgan fingerprint density at radius 1 is 1.17 bits per heavy atom. The number of rotatable bonds is 5. The maximum atomic E-state index is 10.9. The molecule has 0 aliphatic carbocycles. The minimum atomic E-state index is 0.512. The second kappa shape index (κ2) is 8.85. The number of hydrogen-bond acceptors (Lipinski definition) is 1. The molecule has 1 nitrogen and oxygen atoms in total. The van der Waals surface area contributed by atoms with Crippen LogP contribution in [-0.2, 0) is 4.79 Å². The molecule has 0 atom stereocenters. The van der Waals surface area contributed by atoms with Gasteiger partial charge in [0.25, 0.3) is 0 Å².